The molecule has 144 valence electrons. The summed E-state index contributed by atoms with van der Waals surface area (Å²) in [7, 11) is 0. The van der Waals surface area contributed by atoms with E-state index in [1.807, 2.05) is 19.1 Å². The second kappa shape index (κ2) is 8.85. The van der Waals surface area contributed by atoms with E-state index in [-0.39, 0.29) is 24.5 Å². The van der Waals surface area contributed by atoms with E-state index in [0.29, 0.717) is 16.7 Å². The van der Waals surface area contributed by atoms with Crippen LogP contribution >= 0.6 is 11.8 Å². The average molecular weight is 395 g/mol. The van der Waals surface area contributed by atoms with Gasteiger partial charge in [-0.1, -0.05) is 17.7 Å². The van der Waals surface area contributed by atoms with E-state index in [1.165, 1.54) is 12.4 Å². The molecule has 1 aliphatic rings. The molecule has 1 atom stereocenters. The van der Waals surface area contributed by atoms with E-state index in [9.17, 15) is 4.79 Å². The number of rotatable bonds is 6. The van der Waals surface area contributed by atoms with E-state index in [1.54, 1.807) is 24.9 Å². The van der Waals surface area contributed by atoms with Crippen LogP contribution in [0.1, 0.15) is 42.0 Å². The van der Waals surface area contributed by atoms with Crippen molar-refractivity contribution in [2.75, 3.05) is 12.4 Å². The Balaban J connectivity index is 1.70. The molecule has 7 nitrogen and oxygen atoms in total. The lowest BCUT2D eigenvalue weighted by atomic mass is 9.89. The average Bonchev–Trinajstić information content (AvgIpc) is 2.69. The second-order valence-corrected chi connectivity index (χ2v) is 7.53. The number of ether oxygens (including phenoxy) is 1. The first-order valence-corrected chi connectivity index (χ1v) is 9.80. The van der Waals surface area contributed by atoms with Crippen LogP contribution in [0.5, 0.6) is 5.88 Å². The molecule has 2 N–H and O–H groups in total. The molecule has 3 rings (SSSR count). The molecule has 2 aromatic heterocycles. The number of aromatic nitrogens is 3. The van der Waals surface area contributed by atoms with Gasteiger partial charge in [0.2, 0.25) is 5.88 Å². The van der Waals surface area contributed by atoms with Crippen molar-refractivity contribution in [3.63, 3.8) is 0 Å². The van der Waals surface area contributed by atoms with Crippen molar-refractivity contribution in [2.45, 2.75) is 32.2 Å². The van der Waals surface area contributed by atoms with Gasteiger partial charge in [-0.2, -0.15) is 0 Å². The topological polar surface area (TPSA) is 103 Å². The van der Waals surface area contributed by atoms with Gasteiger partial charge in [0.05, 0.1) is 24.4 Å². The molecule has 0 saturated carbocycles. The molecule has 3 heterocycles. The maximum Gasteiger partial charge on any atom is 0.233 e. The predicted molar refractivity (Wildman–Crippen MR) is 109 cm³/mol. The quantitative estimate of drug-likeness (QED) is 0.591. The number of thioether (sulfide) groups is 1. The fraction of sp³-hybridized carbons (Fsp3) is 0.350. The number of amidine groups is 1. The van der Waals surface area contributed by atoms with Gasteiger partial charge in [-0.05, 0) is 38.0 Å². The Morgan fingerprint density at radius 1 is 1.36 bits per heavy atom. The van der Waals surface area contributed by atoms with Crippen LogP contribution in [0.4, 0.5) is 0 Å². The fourth-order valence-electron chi connectivity index (χ4n) is 2.78. The van der Waals surface area contributed by atoms with E-state index in [4.69, 9.17) is 10.5 Å². The third kappa shape index (κ3) is 4.87. The molecule has 28 heavy (non-hydrogen) atoms. The van der Waals surface area contributed by atoms with Gasteiger partial charge in [0.1, 0.15) is 5.69 Å². The standard InChI is InChI=1S/C20H21N5O2S/c1-3-4-8-27-18-13-23-16(12-24-18)17(26)11-15-10-14(5-7-22-15)20(2)6-9-28-19(21)25-20/h5,7,10,12-13H,6,8-9,11H2,1-2H3,(H2,21,25)/t20-/m0/s1. The molecule has 2 aromatic rings. The lowest BCUT2D eigenvalue weighted by molar-refractivity contribution is 0.0986. The Morgan fingerprint density at radius 2 is 2.21 bits per heavy atom. The number of ketones is 1. The third-order valence-electron chi connectivity index (χ3n) is 4.36. The molecule has 0 radical (unpaired) electrons. The Kier molecular flexibility index (Phi) is 6.26. The van der Waals surface area contributed by atoms with Crippen LogP contribution in [0.25, 0.3) is 0 Å². The molecule has 1 aliphatic heterocycles. The first-order valence-electron chi connectivity index (χ1n) is 8.81. The normalized spacial score (nSPS) is 18.6. The van der Waals surface area contributed by atoms with Crippen LogP contribution in [-0.2, 0) is 12.0 Å². The summed E-state index contributed by atoms with van der Waals surface area (Å²) in [4.78, 5) is 29.7. The summed E-state index contributed by atoms with van der Waals surface area (Å²) in [5.74, 6) is 6.58. The zero-order valence-electron chi connectivity index (χ0n) is 15.8. The van der Waals surface area contributed by atoms with E-state index < -0.39 is 5.54 Å². The zero-order valence-corrected chi connectivity index (χ0v) is 16.6. The molecule has 0 bridgehead atoms. The summed E-state index contributed by atoms with van der Waals surface area (Å²) in [6, 6.07) is 3.84. The van der Waals surface area contributed by atoms with Gasteiger partial charge in [0.25, 0.3) is 0 Å². The van der Waals surface area contributed by atoms with Crippen LogP contribution in [0.2, 0.25) is 0 Å². The molecule has 0 spiro atoms. The summed E-state index contributed by atoms with van der Waals surface area (Å²) in [5, 5.41) is 0.589. The van der Waals surface area contributed by atoms with Crippen molar-refractivity contribution < 1.29 is 9.53 Å². The van der Waals surface area contributed by atoms with Gasteiger partial charge in [-0.15, -0.1) is 5.92 Å². The van der Waals surface area contributed by atoms with Crippen molar-refractivity contribution in [3.8, 4) is 17.7 Å². The molecule has 8 heteroatoms. The van der Waals surface area contributed by atoms with Gasteiger partial charge in [-0.25, -0.2) is 9.97 Å². The minimum absolute atomic E-state index is 0.133. The van der Waals surface area contributed by atoms with Crippen molar-refractivity contribution in [1.82, 2.24) is 15.0 Å². The number of carbonyl (C=O) groups excluding carboxylic acids is 1. The van der Waals surface area contributed by atoms with E-state index in [0.717, 1.165) is 17.7 Å². The maximum absolute atomic E-state index is 12.5. The number of hydrogen-bond donors (Lipinski definition) is 1. The highest BCUT2D eigenvalue weighted by Crippen LogP contribution is 2.35. The fourth-order valence-corrected chi connectivity index (χ4v) is 3.75. The van der Waals surface area contributed by atoms with Crippen molar-refractivity contribution in [3.05, 3.63) is 47.7 Å². The minimum atomic E-state index is -0.393. The van der Waals surface area contributed by atoms with Gasteiger partial charge in [-0.3, -0.25) is 14.8 Å². The lowest BCUT2D eigenvalue weighted by Gasteiger charge is -2.29. The summed E-state index contributed by atoms with van der Waals surface area (Å²) in [5.41, 5.74) is 7.44. The van der Waals surface area contributed by atoms with Crippen LogP contribution in [0.15, 0.2) is 35.7 Å². The zero-order chi connectivity index (χ0) is 20.0. The third-order valence-corrected chi connectivity index (χ3v) is 5.15. The highest BCUT2D eigenvalue weighted by molar-refractivity contribution is 8.13. The molecule has 0 fully saturated rings. The predicted octanol–water partition coefficient (Wildman–Crippen LogP) is 2.37. The monoisotopic (exact) mass is 395 g/mol. The number of hydrogen-bond acceptors (Lipinski definition) is 8. The molecule has 0 unspecified atom stereocenters. The van der Waals surface area contributed by atoms with Gasteiger partial charge in [0, 0.05) is 17.6 Å². The number of carbonyl (C=O) groups is 1. The Morgan fingerprint density at radius 3 is 2.93 bits per heavy atom. The van der Waals surface area contributed by atoms with Gasteiger partial charge in [0.15, 0.2) is 17.6 Å². The Hall–Kier alpha value is -2.92. The van der Waals surface area contributed by atoms with Crippen LogP contribution < -0.4 is 10.5 Å². The number of pyridine rings is 1. The molecular weight excluding hydrogens is 374 g/mol. The van der Waals surface area contributed by atoms with Crippen LogP contribution in [0, 0.1) is 11.8 Å². The molecular formula is C20H21N5O2S. The van der Waals surface area contributed by atoms with Crippen molar-refractivity contribution in [1.29, 1.82) is 0 Å². The Labute approximate surface area is 168 Å². The van der Waals surface area contributed by atoms with Crippen molar-refractivity contribution in [2.24, 2.45) is 10.7 Å². The SMILES string of the molecule is CC#CCOc1cnc(C(=O)Cc2cc([C@]3(C)CCSC(N)=N3)ccn2)cn1. The van der Waals surface area contributed by atoms with E-state index >= 15 is 0 Å². The first kappa shape index (κ1) is 19.8. The number of nitrogens with zero attached hydrogens (tertiary/aromatic N) is 4. The Bertz CT molecular complexity index is 949. The summed E-state index contributed by atoms with van der Waals surface area (Å²) in [6.45, 7) is 4.02. The van der Waals surface area contributed by atoms with E-state index in [2.05, 4.69) is 31.8 Å². The van der Waals surface area contributed by atoms with Gasteiger partial charge >= 0.3 is 0 Å². The summed E-state index contributed by atoms with van der Waals surface area (Å²) >= 11 is 1.56. The highest BCUT2D eigenvalue weighted by Gasteiger charge is 2.29. The van der Waals surface area contributed by atoms with Gasteiger partial charge < -0.3 is 10.5 Å². The molecule has 0 saturated heterocycles. The smallest absolute Gasteiger partial charge is 0.233 e. The minimum Gasteiger partial charge on any atom is -0.463 e. The first-order chi connectivity index (χ1) is 13.5. The summed E-state index contributed by atoms with van der Waals surface area (Å²) < 4.78 is 5.31. The number of aliphatic imine (C=N–C) groups is 1. The maximum atomic E-state index is 12.5. The number of nitrogens with two attached hydrogens (primary N) is 1. The molecule has 0 amide bonds. The van der Waals surface area contributed by atoms with Crippen LogP contribution in [-0.4, -0.2) is 38.3 Å². The molecule has 0 aliphatic carbocycles. The lowest BCUT2D eigenvalue weighted by Crippen LogP contribution is -2.29. The second-order valence-electron chi connectivity index (χ2n) is 6.41. The van der Waals surface area contributed by atoms with Crippen molar-refractivity contribution >= 4 is 22.7 Å². The number of Topliss-reactive ketones (excluding diaryl/α,β-unsaturated/α-hetero) is 1. The summed E-state index contributed by atoms with van der Waals surface area (Å²) in [6.07, 6.45) is 5.55. The molecule has 0 aromatic carbocycles. The van der Waals surface area contributed by atoms with Crippen LogP contribution in [0.3, 0.4) is 0 Å². The largest absolute Gasteiger partial charge is 0.463 e. The highest BCUT2D eigenvalue weighted by atomic mass is 32.2.